The Hall–Kier alpha value is -6.32. The summed E-state index contributed by atoms with van der Waals surface area (Å²) in [7, 11) is 0. The molecule has 0 saturated carbocycles. The van der Waals surface area contributed by atoms with Gasteiger partial charge in [-0.2, -0.15) is 0 Å². The number of allylic oxidation sites excluding steroid dienone is 4. The molecule has 0 amide bonds. The maximum atomic E-state index is 6.65. The van der Waals surface area contributed by atoms with E-state index >= 15 is 0 Å². The van der Waals surface area contributed by atoms with E-state index in [9.17, 15) is 0 Å². The Morgan fingerprint density at radius 3 is 1.92 bits per heavy atom. The molecule has 2 aromatic heterocycles. The monoisotopic (exact) mass is 629 g/mol. The topological polar surface area (TPSA) is 29.5 Å². The summed E-state index contributed by atoms with van der Waals surface area (Å²) < 4.78 is 12.9. The summed E-state index contributed by atoms with van der Waals surface area (Å²) in [5.74, 6) is 0. The van der Waals surface area contributed by atoms with Crippen LogP contribution in [0, 0.1) is 0 Å². The molecule has 3 nitrogen and oxygen atoms in total. The highest BCUT2D eigenvalue weighted by Crippen LogP contribution is 2.42. The molecule has 10 rings (SSSR count). The molecular weight excluding hydrogens is 599 g/mol. The molecular formula is C46H31NO2. The van der Waals surface area contributed by atoms with Gasteiger partial charge in [0.15, 0.2) is 0 Å². The Morgan fingerprint density at radius 2 is 1.08 bits per heavy atom. The largest absolute Gasteiger partial charge is 0.456 e. The van der Waals surface area contributed by atoms with Crippen LogP contribution in [-0.2, 0) is 0 Å². The molecule has 0 unspecified atom stereocenters. The molecule has 1 aliphatic carbocycles. The molecule has 9 aromatic rings. The van der Waals surface area contributed by atoms with E-state index in [-0.39, 0.29) is 0 Å². The van der Waals surface area contributed by atoms with Gasteiger partial charge in [0.25, 0.3) is 0 Å². The molecule has 0 bridgehead atoms. The highest BCUT2D eigenvalue weighted by molar-refractivity contribution is 6.18. The molecule has 0 saturated heterocycles. The van der Waals surface area contributed by atoms with Crippen molar-refractivity contribution in [3.8, 4) is 11.1 Å². The normalized spacial score (nSPS) is 13.2. The molecule has 3 heteroatoms. The first-order valence-corrected chi connectivity index (χ1v) is 16.9. The van der Waals surface area contributed by atoms with Crippen molar-refractivity contribution < 1.29 is 8.83 Å². The zero-order chi connectivity index (χ0) is 32.3. The fourth-order valence-electron chi connectivity index (χ4n) is 7.51. The van der Waals surface area contributed by atoms with Gasteiger partial charge in [-0.15, -0.1) is 0 Å². The van der Waals surface area contributed by atoms with Crippen LogP contribution in [0.15, 0.2) is 173 Å². The minimum atomic E-state index is 0.877. The number of hydrogen-bond acceptors (Lipinski definition) is 3. The molecule has 7 aromatic carbocycles. The van der Waals surface area contributed by atoms with Gasteiger partial charge >= 0.3 is 0 Å². The van der Waals surface area contributed by atoms with Gasteiger partial charge in [0.2, 0.25) is 0 Å². The summed E-state index contributed by atoms with van der Waals surface area (Å²) in [6.07, 6.45) is 9.07. The van der Waals surface area contributed by atoms with Gasteiger partial charge in [0.05, 0.1) is 0 Å². The summed E-state index contributed by atoms with van der Waals surface area (Å²) >= 11 is 0. The molecule has 2 heterocycles. The van der Waals surface area contributed by atoms with Crippen LogP contribution in [0.5, 0.6) is 0 Å². The van der Waals surface area contributed by atoms with E-state index in [0.717, 1.165) is 90.3 Å². The van der Waals surface area contributed by atoms with Gasteiger partial charge in [0, 0.05) is 50.1 Å². The average Bonchev–Trinajstić information content (AvgIpc) is 3.73. The predicted octanol–water partition coefficient (Wildman–Crippen LogP) is 13.5. The standard InChI is InChI=1S/C46H31NO2/c1-3-11-31(12-4-1)41-29-42-39-25-21-32(27-44(39)49-46(42)40-17-8-7-15-36(40)41)30-19-22-34(23-20-30)47(33-13-5-2-6-14-33)35-24-26-38-37-16-9-10-18-43(37)48-45(38)28-35/h2-3,5-29H,1,4H2. The van der Waals surface area contributed by atoms with Crippen molar-refractivity contribution in [2.75, 3.05) is 4.90 Å². The fourth-order valence-corrected chi connectivity index (χ4v) is 7.51. The third-order valence-corrected chi connectivity index (χ3v) is 9.88. The van der Waals surface area contributed by atoms with Crippen LogP contribution in [0.1, 0.15) is 18.4 Å². The lowest BCUT2D eigenvalue weighted by Gasteiger charge is -2.25. The molecule has 0 N–H and O–H groups in total. The van der Waals surface area contributed by atoms with Crippen molar-refractivity contribution >= 4 is 77.3 Å². The molecule has 0 radical (unpaired) electrons. The van der Waals surface area contributed by atoms with Crippen molar-refractivity contribution in [3.05, 3.63) is 169 Å². The van der Waals surface area contributed by atoms with Crippen molar-refractivity contribution in [1.29, 1.82) is 0 Å². The molecule has 0 fully saturated rings. The van der Waals surface area contributed by atoms with Gasteiger partial charge in [0.1, 0.15) is 22.3 Å². The number of nitrogens with zero attached hydrogens (tertiary/aromatic N) is 1. The third kappa shape index (κ3) is 4.58. The molecule has 49 heavy (non-hydrogen) atoms. The first-order valence-electron chi connectivity index (χ1n) is 16.9. The molecule has 0 atom stereocenters. The van der Waals surface area contributed by atoms with E-state index in [1.54, 1.807) is 0 Å². The second-order valence-corrected chi connectivity index (χ2v) is 12.8. The Labute approximate surface area is 283 Å². The molecule has 0 spiro atoms. The van der Waals surface area contributed by atoms with E-state index in [1.165, 1.54) is 16.5 Å². The average molecular weight is 630 g/mol. The van der Waals surface area contributed by atoms with Crippen LogP contribution in [-0.4, -0.2) is 0 Å². The SMILES string of the molecule is C1=CC(c2cc3c4ccc(-c5ccc(N(c6ccccc6)c6ccc7c(c6)oc6ccccc67)cc5)cc4oc3c3ccccc23)=CCC1. The number of rotatable bonds is 5. The van der Waals surface area contributed by atoms with E-state index in [4.69, 9.17) is 8.83 Å². The Bertz CT molecular complexity index is 2760. The second-order valence-electron chi connectivity index (χ2n) is 12.8. The quantitative estimate of drug-likeness (QED) is 0.190. The van der Waals surface area contributed by atoms with Crippen LogP contribution in [0.25, 0.3) is 71.3 Å². The van der Waals surface area contributed by atoms with Gasteiger partial charge in [-0.25, -0.2) is 0 Å². The third-order valence-electron chi connectivity index (χ3n) is 9.88. The second kappa shape index (κ2) is 11.1. The first kappa shape index (κ1) is 27.8. The predicted molar refractivity (Wildman–Crippen MR) is 205 cm³/mol. The highest BCUT2D eigenvalue weighted by atomic mass is 16.3. The van der Waals surface area contributed by atoms with Crippen LogP contribution in [0.4, 0.5) is 17.1 Å². The minimum absolute atomic E-state index is 0.877. The van der Waals surface area contributed by atoms with Crippen LogP contribution >= 0.6 is 0 Å². The van der Waals surface area contributed by atoms with Crippen LogP contribution in [0.2, 0.25) is 0 Å². The van der Waals surface area contributed by atoms with E-state index in [1.807, 2.05) is 12.1 Å². The van der Waals surface area contributed by atoms with Crippen LogP contribution < -0.4 is 4.90 Å². The summed E-state index contributed by atoms with van der Waals surface area (Å²) in [5, 5.41) is 6.93. The zero-order valence-corrected chi connectivity index (χ0v) is 26.8. The molecule has 0 aliphatic heterocycles. The summed E-state index contributed by atoms with van der Waals surface area (Å²) in [6.45, 7) is 0. The number of hydrogen-bond donors (Lipinski definition) is 0. The lowest BCUT2D eigenvalue weighted by Crippen LogP contribution is -2.09. The maximum absolute atomic E-state index is 6.65. The minimum Gasteiger partial charge on any atom is -0.456 e. The molecule has 232 valence electrons. The van der Waals surface area contributed by atoms with E-state index in [2.05, 4.69) is 157 Å². The van der Waals surface area contributed by atoms with Crippen molar-refractivity contribution in [2.45, 2.75) is 12.8 Å². The lowest BCUT2D eigenvalue weighted by molar-refractivity contribution is 0.669. The number of anilines is 3. The Balaban J connectivity index is 1.05. The van der Waals surface area contributed by atoms with Crippen molar-refractivity contribution in [1.82, 2.24) is 0 Å². The lowest BCUT2D eigenvalue weighted by atomic mass is 9.92. The van der Waals surface area contributed by atoms with Gasteiger partial charge in [-0.3, -0.25) is 0 Å². The van der Waals surface area contributed by atoms with E-state index in [0.29, 0.717) is 0 Å². The van der Waals surface area contributed by atoms with Gasteiger partial charge in [-0.1, -0.05) is 97.1 Å². The van der Waals surface area contributed by atoms with Crippen molar-refractivity contribution in [2.24, 2.45) is 0 Å². The Kier molecular flexibility index (Phi) is 6.31. The Morgan fingerprint density at radius 1 is 0.429 bits per heavy atom. The highest BCUT2D eigenvalue weighted by Gasteiger charge is 2.18. The van der Waals surface area contributed by atoms with E-state index < -0.39 is 0 Å². The van der Waals surface area contributed by atoms with Gasteiger partial charge < -0.3 is 13.7 Å². The number of para-hydroxylation sites is 2. The summed E-state index contributed by atoms with van der Waals surface area (Å²) in [4.78, 5) is 2.28. The van der Waals surface area contributed by atoms with Crippen molar-refractivity contribution in [3.63, 3.8) is 0 Å². The fraction of sp³-hybridized carbons (Fsp3) is 0.0435. The zero-order valence-electron chi connectivity index (χ0n) is 26.8. The number of furan rings is 2. The number of benzene rings is 7. The smallest absolute Gasteiger partial charge is 0.143 e. The summed E-state index contributed by atoms with van der Waals surface area (Å²) in [5.41, 5.74) is 11.6. The molecule has 1 aliphatic rings. The first-order chi connectivity index (χ1) is 24.3. The number of fused-ring (bicyclic) bond motifs is 8. The van der Waals surface area contributed by atoms with Crippen LogP contribution in [0.3, 0.4) is 0 Å². The summed E-state index contributed by atoms with van der Waals surface area (Å²) in [6, 6.07) is 51.5. The van der Waals surface area contributed by atoms with Gasteiger partial charge in [-0.05, 0) is 101 Å². The maximum Gasteiger partial charge on any atom is 0.143 e.